The van der Waals surface area contributed by atoms with Crippen LogP contribution in [0.5, 0.6) is 0 Å². The summed E-state index contributed by atoms with van der Waals surface area (Å²) in [6.45, 7) is 0. The molecule has 8 aromatic carbocycles. The number of benzene rings is 8. The van der Waals surface area contributed by atoms with Gasteiger partial charge in [0.25, 0.3) is 0 Å². The zero-order valence-corrected chi connectivity index (χ0v) is 25.1. The van der Waals surface area contributed by atoms with Gasteiger partial charge in [0.05, 0.1) is 11.4 Å². The Labute approximate surface area is 267 Å². The first-order valence-electron chi connectivity index (χ1n) is 15.7. The summed E-state index contributed by atoms with van der Waals surface area (Å²) in [7, 11) is 0. The number of furan rings is 1. The van der Waals surface area contributed by atoms with E-state index in [1.807, 2.05) is 6.07 Å². The van der Waals surface area contributed by atoms with Gasteiger partial charge in [0, 0.05) is 22.0 Å². The molecule has 9 rings (SSSR count). The monoisotopic (exact) mass is 587 g/mol. The molecule has 0 spiro atoms. The highest BCUT2D eigenvalue weighted by Crippen LogP contribution is 2.48. The van der Waals surface area contributed by atoms with Crippen molar-refractivity contribution in [3.05, 3.63) is 176 Å². The smallest absolute Gasteiger partial charge is 0.159 e. The molecule has 1 heterocycles. The van der Waals surface area contributed by atoms with Crippen molar-refractivity contribution in [2.24, 2.45) is 0 Å². The molecule has 1 aromatic heterocycles. The van der Waals surface area contributed by atoms with Crippen molar-refractivity contribution in [2.45, 2.75) is 0 Å². The summed E-state index contributed by atoms with van der Waals surface area (Å²) in [6, 6.07) is 62.7. The molecule has 0 bridgehead atoms. The van der Waals surface area contributed by atoms with Crippen LogP contribution in [0.25, 0.3) is 65.7 Å². The Morgan fingerprint density at radius 2 is 1.02 bits per heavy atom. The van der Waals surface area contributed by atoms with Crippen molar-refractivity contribution >= 4 is 60.5 Å². The fourth-order valence-corrected chi connectivity index (χ4v) is 6.94. The Bertz CT molecular complexity index is 2540. The molecular weight excluding hydrogens is 558 g/mol. The number of hydrogen-bond donors (Lipinski definition) is 0. The molecule has 0 saturated carbocycles. The molecule has 0 amide bonds. The first kappa shape index (κ1) is 26.3. The van der Waals surface area contributed by atoms with Crippen molar-refractivity contribution < 1.29 is 4.42 Å². The van der Waals surface area contributed by atoms with E-state index in [0.717, 1.165) is 44.6 Å². The molecule has 0 N–H and O–H groups in total. The fraction of sp³-hybridized carbons (Fsp3) is 0. The van der Waals surface area contributed by atoms with Crippen molar-refractivity contribution in [3.8, 4) is 22.3 Å². The maximum Gasteiger partial charge on any atom is 0.159 e. The van der Waals surface area contributed by atoms with Crippen molar-refractivity contribution in [1.82, 2.24) is 0 Å². The van der Waals surface area contributed by atoms with Gasteiger partial charge < -0.3 is 9.32 Å². The molecule has 0 aliphatic rings. The van der Waals surface area contributed by atoms with E-state index in [4.69, 9.17) is 4.42 Å². The number of hydrogen-bond acceptors (Lipinski definition) is 2. The third-order valence-electron chi connectivity index (χ3n) is 9.04. The van der Waals surface area contributed by atoms with Gasteiger partial charge in [-0.3, -0.25) is 0 Å². The Balaban J connectivity index is 1.40. The lowest BCUT2D eigenvalue weighted by atomic mass is 9.91. The van der Waals surface area contributed by atoms with Crippen LogP contribution < -0.4 is 4.90 Å². The fourth-order valence-electron chi connectivity index (χ4n) is 6.94. The molecule has 216 valence electrons. The number of rotatable bonds is 5. The van der Waals surface area contributed by atoms with Gasteiger partial charge in [-0.05, 0) is 68.6 Å². The number of para-hydroxylation sites is 2. The van der Waals surface area contributed by atoms with E-state index in [0.29, 0.717) is 0 Å². The molecule has 0 saturated heterocycles. The Hall–Kier alpha value is -6.12. The highest BCUT2D eigenvalue weighted by atomic mass is 16.3. The van der Waals surface area contributed by atoms with Gasteiger partial charge in [0.2, 0.25) is 0 Å². The second kappa shape index (κ2) is 10.8. The Morgan fingerprint density at radius 1 is 0.391 bits per heavy atom. The molecule has 2 nitrogen and oxygen atoms in total. The topological polar surface area (TPSA) is 16.4 Å². The van der Waals surface area contributed by atoms with Crippen LogP contribution >= 0.6 is 0 Å². The average molecular weight is 588 g/mol. The van der Waals surface area contributed by atoms with Crippen LogP contribution in [0.2, 0.25) is 0 Å². The van der Waals surface area contributed by atoms with Crippen LogP contribution in [0.3, 0.4) is 0 Å². The highest BCUT2D eigenvalue weighted by Gasteiger charge is 2.24. The van der Waals surface area contributed by atoms with E-state index in [1.54, 1.807) is 0 Å². The van der Waals surface area contributed by atoms with Crippen molar-refractivity contribution in [1.29, 1.82) is 0 Å². The van der Waals surface area contributed by atoms with Crippen LogP contribution in [0.1, 0.15) is 0 Å². The van der Waals surface area contributed by atoms with E-state index < -0.39 is 0 Å². The van der Waals surface area contributed by atoms with E-state index in [1.165, 1.54) is 38.2 Å². The maximum atomic E-state index is 6.68. The van der Waals surface area contributed by atoms with Gasteiger partial charge >= 0.3 is 0 Å². The quantitative estimate of drug-likeness (QED) is 0.199. The minimum absolute atomic E-state index is 0.867. The van der Waals surface area contributed by atoms with Crippen LogP contribution in [0, 0.1) is 0 Å². The zero-order valence-electron chi connectivity index (χ0n) is 25.1. The minimum Gasteiger partial charge on any atom is -0.454 e. The molecule has 46 heavy (non-hydrogen) atoms. The van der Waals surface area contributed by atoms with Gasteiger partial charge in [-0.1, -0.05) is 146 Å². The Morgan fingerprint density at radius 3 is 1.89 bits per heavy atom. The normalized spacial score (nSPS) is 11.5. The molecule has 2 heteroatoms. The first-order valence-corrected chi connectivity index (χ1v) is 15.7. The summed E-state index contributed by atoms with van der Waals surface area (Å²) in [5.74, 6) is 0. The predicted octanol–water partition coefficient (Wildman–Crippen LogP) is 12.7. The third-order valence-corrected chi connectivity index (χ3v) is 9.04. The van der Waals surface area contributed by atoms with Crippen LogP contribution in [-0.2, 0) is 0 Å². The molecular formula is C44H29NO. The van der Waals surface area contributed by atoms with Crippen molar-refractivity contribution in [3.63, 3.8) is 0 Å². The van der Waals surface area contributed by atoms with Crippen LogP contribution in [-0.4, -0.2) is 0 Å². The molecule has 0 atom stereocenters. The molecule has 9 aromatic rings. The summed E-state index contributed by atoms with van der Waals surface area (Å²) in [6.07, 6.45) is 0. The summed E-state index contributed by atoms with van der Waals surface area (Å²) in [5, 5.41) is 7.07. The lowest BCUT2D eigenvalue weighted by Crippen LogP contribution is -2.12. The number of fused-ring (bicyclic) bond motifs is 5. The van der Waals surface area contributed by atoms with Crippen LogP contribution in [0.4, 0.5) is 17.1 Å². The average Bonchev–Trinajstić information content (AvgIpc) is 3.52. The van der Waals surface area contributed by atoms with E-state index in [2.05, 4.69) is 175 Å². The standard InChI is InChI=1S/C44H29NO/c1-2-13-30(14-3-1)33-18-10-19-34(29-33)45(41-25-12-24-39-37-22-8-9-26-42(37)46-44(39)41)40-28-27-32-16-5-7-21-36(32)43(40)38-23-11-17-31-15-4-6-20-35(31)38/h1-29H. The highest BCUT2D eigenvalue weighted by molar-refractivity contribution is 6.14. The molecule has 0 aliphatic carbocycles. The lowest BCUT2D eigenvalue weighted by molar-refractivity contribution is 0.669. The van der Waals surface area contributed by atoms with Gasteiger partial charge in [0.1, 0.15) is 5.58 Å². The molecule has 0 fully saturated rings. The lowest BCUT2D eigenvalue weighted by Gasteiger charge is -2.29. The van der Waals surface area contributed by atoms with Crippen LogP contribution in [0.15, 0.2) is 180 Å². The summed E-state index contributed by atoms with van der Waals surface area (Å²) in [5.41, 5.74) is 9.63. The van der Waals surface area contributed by atoms with E-state index in [-0.39, 0.29) is 0 Å². The van der Waals surface area contributed by atoms with Gasteiger partial charge in [-0.15, -0.1) is 0 Å². The predicted molar refractivity (Wildman–Crippen MR) is 194 cm³/mol. The molecule has 0 aliphatic heterocycles. The second-order valence-electron chi connectivity index (χ2n) is 11.7. The largest absolute Gasteiger partial charge is 0.454 e. The summed E-state index contributed by atoms with van der Waals surface area (Å²) >= 11 is 0. The van der Waals surface area contributed by atoms with E-state index >= 15 is 0 Å². The van der Waals surface area contributed by atoms with E-state index in [9.17, 15) is 0 Å². The Kier molecular flexibility index (Phi) is 6.17. The number of nitrogens with zero attached hydrogens (tertiary/aromatic N) is 1. The number of anilines is 3. The third kappa shape index (κ3) is 4.27. The maximum absolute atomic E-state index is 6.68. The SMILES string of the molecule is c1ccc(-c2cccc(N(c3ccc4ccccc4c3-c3cccc4ccccc34)c3cccc4c3oc3ccccc34)c2)cc1. The molecule has 0 unspecified atom stereocenters. The molecule has 0 radical (unpaired) electrons. The zero-order chi connectivity index (χ0) is 30.5. The summed E-state index contributed by atoms with van der Waals surface area (Å²) < 4.78 is 6.68. The minimum atomic E-state index is 0.867. The van der Waals surface area contributed by atoms with Gasteiger partial charge in [-0.25, -0.2) is 0 Å². The van der Waals surface area contributed by atoms with Crippen molar-refractivity contribution in [2.75, 3.05) is 4.90 Å². The second-order valence-corrected chi connectivity index (χ2v) is 11.7. The van der Waals surface area contributed by atoms with Gasteiger partial charge in [0.15, 0.2) is 5.58 Å². The summed E-state index contributed by atoms with van der Waals surface area (Å²) in [4.78, 5) is 2.39. The first-order chi connectivity index (χ1) is 22.8. The van der Waals surface area contributed by atoms with Gasteiger partial charge in [-0.2, -0.15) is 0 Å².